The van der Waals surface area contributed by atoms with Gasteiger partial charge in [-0.25, -0.2) is 0 Å². The Morgan fingerprint density at radius 3 is 2.67 bits per heavy atom. The summed E-state index contributed by atoms with van der Waals surface area (Å²) in [6, 6.07) is 1.68. The molecule has 0 radical (unpaired) electrons. The first-order valence-corrected chi connectivity index (χ1v) is 5.84. The molecule has 0 spiro atoms. The summed E-state index contributed by atoms with van der Waals surface area (Å²) in [5.41, 5.74) is -0.662. The Hall–Kier alpha value is -0.580. The molecule has 84 valence electrons. The summed E-state index contributed by atoms with van der Waals surface area (Å²) in [5, 5.41) is 14.4. The molecule has 0 aliphatic heterocycles. The molecular weight excluding hydrogens is 234 g/mol. The van der Waals surface area contributed by atoms with E-state index in [0.29, 0.717) is 9.90 Å². The van der Waals surface area contributed by atoms with Crippen LogP contribution in [0.4, 0.5) is 0 Å². The van der Waals surface area contributed by atoms with E-state index in [1.165, 1.54) is 11.3 Å². The van der Waals surface area contributed by atoms with Crippen molar-refractivity contribution in [2.24, 2.45) is 0 Å². The molecule has 1 rings (SSSR count). The number of halogens is 1. The maximum absolute atomic E-state index is 11.8. The van der Waals surface area contributed by atoms with E-state index in [-0.39, 0.29) is 5.91 Å². The summed E-state index contributed by atoms with van der Waals surface area (Å²) < 4.78 is 0. The van der Waals surface area contributed by atoms with Crippen molar-refractivity contribution < 1.29 is 9.90 Å². The molecule has 2 N–H and O–H groups in total. The minimum atomic E-state index is -0.662. The molecule has 15 heavy (non-hydrogen) atoms. The second-order valence-electron chi connectivity index (χ2n) is 3.95. The summed E-state index contributed by atoms with van der Waals surface area (Å²) >= 11 is 7.11. The normalized spacial score (nSPS) is 13.7. The number of carbonyl (C=O) groups is 1. The fourth-order valence-electron chi connectivity index (χ4n) is 0.910. The van der Waals surface area contributed by atoms with Gasteiger partial charge in [0.2, 0.25) is 0 Å². The predicted molar refractivity (Wildman–Crippen MR) is 62.6 cm³/mol. The van der Waals surface area contributed by atoms with Crippen LogP contribution in [0.5, 0.6) is 0 Å². The topological polar surface area (TPSA) is 49.3 Å². The quantitative estimate of drug-likeness (QED) is 0.861. The molecule has 0 aliphatic rings. The number of nitrogens with one attached hydrogen (secondary N) is 1. The smallest absolute Gasteiger partial charge is 0.263 e. The molecule has 1 aromatic rings. The van der Waals surface area contributed by atoms with Crippen LogP contribution in [0.15, 0.2) is 11.4 Å². The van der Waals surface area contributed by atoms with Crippen LogP contribution in [-0.4, -0.2) is 22.7 Å². The van der Waals surface area contributed by atoms with Crippen molar-refractivity contribution in [1.29, 1.82) is 0 Å². The zero-order chi connectivity index (χ0) is 11.6. The third kappa shape index (κ3) is 2.93. The van der Waals surface area contributed by atoms with Crippen LogP contribution in [0.1, 0.15) is 30.4 Å². The van der Waals surface area contributed by atoms with Crippen LogP contribution in [0.2, 0.25) is 5.02 Å². The Morgan fingerprint density at radius 2 is 2.27 bits per heavy atom. The Kier molecular flexibility index (Phi) is 3.76. The van der Waals surface area contributed by atoms with Crippen molar-refractivity contribution in [1.82, 2.24) is 5.32 Å². The fraction of sp³-hybridized carbons (Fsp3) is 0.500. The molecule has 3 nitrogen and oxygen atoms in total. The first kappa shape index (κ1) is 12.5. The van der Waals surface area contributed by atoms with Gasteiger partial charge in [0.05, 0.1) is 16.7 Å². The van der Waals surface area contributed by atoms with Gasteiger partial charge in [0.15, 0.2) is 0 Å². The van der Waals surface area contributed by atoms with E-state index < -0.39 is 11.6 Å². The number of aliphatic hydroxyl groups is 1. The first-order chi connectivity index (χ1) is 6.84. The maximum Gasteiger partial charge on any atom is 0.263 e. The Labute approximate surface area is 98.1 Å². The van der Waals surface area contributed by atoms with Gasteiger partial charge in [0.25, 0.3) is 5.91 Å². The van der Waals surface area contributed by atoms with E-state index in [4.69, 9.17) is 11.6 Å². The van der Waals surface area contributed by atoms with Crippen LogP contribution in [0, 0.1) is 0 Å². The van der Waals surface area contributed by atoms with Gasteiger partial charge in [-0.15, -0.1) is 11.3 Å². The Balaban J connectivity index is 2.77. The van der Waals surface area contributed by atoms with Crippen LogP contribution >= 0.6 is 22.9 Å². The van der Waals surface area contributed by atoms with E-state index in [1.807, 2.05) is 0 Å². The average molecular weight is 248 g/mol. The third-order valence-corrected chi connectivity index (χ3v) is 3.64. The average Bonchev–Trinajstić information content (AvgIpc) is 2.50. The highest BCUT2D eigenvalue weighted by Gasteiger charge is 2.27. The van der Waals surface area contributed by atoms with E-state index in [1.54, 1.807) is 32.2 Å². The highest BCUT2D eigenvalue weighted by Crippen LogP contribution is 2.22. The van der Waals surface area contributed by atoms with E-state index in [2.05, 4.69) is 5.32 Å². The first-order valence-electron chi connectivity index (χ1n) is 4.58. The molecule has 0 saturated carbocycles. The van der Waals surface area contributed by atoms with Crippen LogP contribution in [0.3, 0.4) is 0 Å². The monoisotopic (exact) mass is 247 g/mol. The number of hydrogen-bond donors (Lipinski definition) is 2. The number of hydrogen-bond acceptors (Lipinski definition) is 3. The van der Waals surface area contributed by atoms with Crippen molar-refractivity contribution in [3.05, 3.63) is 21.3 Å². The zero-order valence-electron chi connectivity index (χ0n) is 8.87. The fourth-order valence-corrected chi connectivity index (χ4v) is 1.95. The SMILES string of the molecule is CC(O)C(C)(C)NC(=O)c1sccc1Cl. The standard InChI is InChI=1S/C10H14ClNO2S/c1-6(13)10(2,3)12-9(14)8-7(11)4-5-15-8/h4-6,13H,1-3H3,(H,12,14). The van der Waals surface area contributed by atoms with Gasteiger partial charge >= 0.3 is 0 Å². The van der Waals surface area contributed by atoms with E-state index in [0.717, 1.165) is 0 Å². The largest absolute Gasteiger partial charge is 0.391 e. The van der Waals surface area contributed by atoms with Crippen LogP contribution in [0.25, 0.3) is 0 Å². The second-order valence-corrected chi connectivity index (χ2v) is 5.27. The van der Waals surface area contributed by atoms with Crippen molar-refractivity contribution in [3.8, 4) is 0 Å². The summed E-state index contributed by atoms with van der Waals surface area (Å²) in [7, 11) is 0. The lowest BCUT2D eigenvalue weighted by molar-refractivity contribution is 0.0713. The Bertz CT molecular complexity index is 360. The number of aliphatic hydroxyl groups excluding tert-OH is 1. The van der Waals surface area contributed by atoms with Gasteiger partial charge in [-0.2, -0.15) is 0 Å². The summed E-state index contributed by atoms with van der Waals surface area (Å²) in [6.45, 7) is 5.16. The number of amides is 1. The lowest BCUT2D eigenvalue weighted by Gasteiger charge is -2.29. The Morgan fingerprint density at radius 1 is 1.67 bits per heavy atom. The van der Waals surface area contributed by atoms with E-state index >= 15 is 0 Å². The molecule has 0 aliphatic carbocycles. The minimum absolute atomic E-state index is 0.249. The molecule has 0 saturated heterocycles. The maximum atomic E-state index is 11.8. The summed E-state index contributed by atoms with van der Waals surface area (Å²) in [5.74, 6) is -0.249. The number of rotatable bonds is 3. The number of thiophene rings is 1. The molecule has 0 bridgehead atoms. The van der Waals surface area contributed by atoms with Gasteiger partial charge in [-0.1, -0.05) is 11.6 Å². The van der Waals surface area contributed by atoms with Gasteiger partial charge in [0.1, 0.15) is 4.88 Å². The molecule has 1 amide bonds. The molecule has 1 atom stereocenters. The molecule has 0 aromatic carbocycles. The molecule has 5 heteroatoms. The molecule has 1 unspecified atom stereocenters. The van der Waals surface area contributed by atoms with Gasteiger partial charge in [-0.05, 0) is 32.2 Å². The minimum Gasteiger partial charge on any atom is -0.391 e. The van der Waals surface area contributed by atoms with Crippen molar-refractivity contribution in [3.63, 3.8) is 0 Å². The van der Waals surface area contributed by atoms with Crippen molar-refractivity contribution in [2.45, 2.75) is 32.4 Å². The highest BCUT2D eigenvalue weighted by molar-refractivity contribution is 7.12. The molecular formula is C10H14ClNO2S. The molecule has 1 heterocycles. The van der Waals surface area contributed by atoms with Gasteiger partial charge in [-0.3, -0.25) is 4.79 Å². The predicted octanol–water partition coefficient (Wildman–Crippen LogP) is 2.29. The van der Waals surface area contributed by atoms with Crippen LogP contribution in [-0.2, 0) is 0 Å². The summed E-state index contributed by atoms with van der Waals surface area (Å²) in [4.78, 5) is 12.2. The highest BCUT2D eigenvalue weighted by atomic mass is 35.5. The summed E-state index contributed by atoms with van der Waals surface area (Å²) in [6.07, 6.45) is -0.625. The molecule has 1 aromatic heterocycles. The van der Waals surface area contributed by atoms with Crippen LogP contribution < -0.4 is 5.32 Å². The van der Waals surface area contributed by atoms with Gasteiger partial charge in [0, 0.05) is 0 Å². The molecule has 0 fully saturated rings. The van der Waals surface area contributed by atoms with E-state index in [9.17, 15) is 9.90 Å². The number of carbonyl (C=O) groups excluding carboxylic acids is 1. The lowest BCUT2D eigenvalue weighted by atomic mass is 9.99. The third-order valence-electron chi connectivity index (χ3n) is 2.30. The zero-order valence-corrected chi connectivity index (χ0v) is 10.4. The lowest BCUT2D eigenvalue weighted by Crippen LogP contribution is -2.50. The second kappa shape index (κ2) is 4.51. The van der Waals surface area contributed by atoms with Crippen molar-refractivity contribution in [2.75, 3.05) is 0 Å². The van der Waals surface area contributed by atoms with Gasteiger partial charge < -0.3 is 10.4 Å². The van der Waals surface area contributed by atoms with Crippen molar-refractivity contribution >= 4 is 28.8 Å².